The van der Waals surface area contributed by atoms with Crippen molar-refractivity contribution >= 4 is 0 Å². The van der Waals surface area contributed by atoms with Gasteiger partial charge < -0.3 is 10.1 Å². The van der Waals surface area contributed by atoms with Gasteiger partial charge in [-0.15, -0.1) is 0 Å². The lowest BCUT2D eigenvalue weighted by Gasteiger charge is -2.26. The molecule has 1 aliphatic rings. The van der Waals surface area contributed by atoms with E-state index in [4.69, 9.17) is 10.00 Å². The summed E-state index contributed by atoms with van der Waals surface area (Å²) in [5.74, 6) is 2.64. The number of nitriles is 1. The van der Waals surface area contributed by atoms with E-state index in [-0.39, 0.29) is 0 Å². The molecule has 0 aliphatic heterocycles. The molecule has 114 valence electrons. The van der Waals surface area contributed by atoms with Gasteiger partial charge in [0.2, 0.25) is 0 Å². The molecule has 1 aliphatic carbocycles. The third kappa shape index (κ3) is 4.75. The second kappa shape index (κ2) is 8.05. The Morgan fingerprint density at radius 3 is 2.95 bits per heavy atom. The number of ether oxygens (including phenoxy) is 1. The largest absolute Gasteiger partial charge is 0.496 e. The van der Waals surface area contributed by atoms with Crippen molar-refractivity contribution in [3.63, 3.8) is 0 Å². The smallest absolute Gasteiger partial charge is 0.123 e. The van der Waals surface area contributed by atoms with Gasteiger partial charge in [0.15, 0.2) is 0 Å². The van der Waals surface area contributed by atoms with Gasteiger partial charge in [-0.05, 0) is 49.4 Å². The van der Waals surface area contributed by atoms with Crippen molar-refractivity contribution < 1.29 is 4.74 Å². The minimum absolute atomic E-state index is 0.689. The van der Waals surface area contributed by atoms with Crippen molar-refractivity contribution in [1.82, 2.24) is 5.32 Å². The maximum Gasteiger partial charge on any atom is 0.123 e. The van der Waals surface area contributed by atoms with Gasteiger partial charge in [0, 0.05) is 12.1 Å². The number of benzene rings is 1. The van der Waals surface area contributed by atoms with Gasteiger partial charge in [0.1, 0.15) is 5.75 Å². The monoisotopic (exact) mass is 286 g/mol. The number of hydrogen-bond acceptors (Lipinski definition) is 3. The Labute approximate surface area is 128 Å². The second-order valence-corrected chi connectivity index (χ2v) is 6.24. The molecule has 0 radical (unpaired) electrons. The molecular formula is C18H26N2O. The molecule has 2 unspecified atom stereocenters. The van der Waals surface area contributed by atoms with Crippen LogP contribution < -0.4 is 10.1 Å². The fourth-order valence-electron chi connectivity index (χ4n) is 3.34. The van der Waals surface area contributed by atoms with Crippen LogP contribution in [0.25, 0.3) is 0 Å². The van der Waals surface area contributed by atoms with Crippen LogP contribution in [0.1, 0.15) is 50.2 Å². The molecule has 1 fully saturated rings. The minimum atomic E-state index is 0.689. The van der Waals surface area contributed by atoms with Crippen molar-refractivity contribution in [1.29, 1.82) is 5.26 Å². The van der Waals surface area contributed by atoms with Crippen molar-refractivity contribution in [2.45, 2.75) is 45.6 Å². The summed E-state index contributed by atoms with van der Waals surface area (Å²) >= 11 is 0. The maximum atomic E-state index is 8.98. The van der Waals surface area contributed by atoms with Crippen LogP contribution in [0.2, 0.25) is 0 Å². The van der Waals surface area contributed by atoms with E-state index in [0.29, 0.717) is 5.56 Å². The third-order valence-corrected chi connectivity index (χ3v) is 4.50. The molecule has 0 bridgehead atoms. The highest BCUT2D eigenvalue weighted by Gasteiger charge is 2.18. The lowest BCUT2D eigenvalue weighted by atomic mass is 9.81. The first kappa shape index (κ1) is 15.9. The lowest BCUT2D eigenvalue weighted by molar-refractivity contribution is 0.267. The molecule has 3 nitrogen and oxygen atoms in total. The molecule has 0 aromatic heterocycles. The van der Waals surface area contributed by atoms with Crippen LogP contribution in [0.5, 0.6) is 5.75 Å². The van der Waals surface area contributed by atoms with Crippen LogP contribution in [-0.4, -0.2) is 13.7 Å². The number of hydrogen-bond donors (Lipinski definition) is 1. The predicted molar refractivity (Wildman–Crippen MR) is 85.2 cm³/mol. The van der Waals surface area contributed by atoms with Gasteiger partial charge in [0.25, 0.3) is 0 Å². The highest BCUT2D eigenvalue weighted by Crippen LogP contribution is 2.30. The molecule has 0 amide bonds. The topological polar surface area (TPSA) is 45.0 Å². The minimum Gasteiger partial charge on any atom is -0.496 e. The zero-order valence-electron chi connectivity index (χ0n) is 13.2. The molecule has 0 spiro atoms. The first-order chi connectivity index (χ1) is 10.2. The van der Waals surface area contributed by atoms with Gasteiger partial charge in [-0.2, -0.15) is 5.26 Å². The Morgan fingerprint density at radius 1 is 1.38 bits per heavy atom. The molecule has 1 aromatic rings. The normalized spacial score (nSPS) is 21.8. The lowest BCUT2D eigenvalue weighted by Crippen LogP contribution is -2.21. The second-order valence-electron chi connectivity index (χ2n) is 6.24. The van der Waals surface area contributed by atoms with E-state index >= 15 is 0 Å². The van der Waals surface area contributed by atoms with Gasteiger partial charge in [-0.3, -0.25) is 0 Å². The van der Waals surface area contributed by atoms with Gasteiger partial charge >= 0.3 is 0 Å². The van der Waals surface area contributed by atoms with Crippen molar-refractivity contribution in [2.24, 2.45) is 11.8 Å². The highest BCUT2D eigenvalue weighted by atomic mass is 16.5. The SMILES string of the molecule is COc1ccc(C#N)cc1CNCCC1CCCC(C)C1. The average Bonchev–Trinajstić information content (AvgIpc) is 2.51. The summed E-state index contributed by atoms with van der Waals surface area (Å²) in [6.07, 6.45) is 6.82. The molecule has 2 atom stereocenters. The van der Waals surface area contributed by atoms with Crippen LogP contribution in [0.15, 0.2) is 18.2 Å². The fraction of sp³-hybridized carbons (Fsp3) is 0.611. The summed E-state index contributed by atoms with van der Waals surface area (Å²) in [6, 6.07) is 7.76. The first-order valence-electron chi connectivity index (χ1n) is 8.00. The van der Waals surface area contributed by atoms with E-state index in [2.05, 4.69) is 18.3 Å². The maximum absolute atomic E-state index is 8.98. The van der Waals surface area contributed by atoms with Crippen molar-refractivity contribution in [3.05, 3.63) is 29.3 Å². The van der Waals surface area contributed by atoms with Crippen molar-refractivity contribution in [2.75, 3.05) is 13.7 Å². The summed E-state index contributed by atoms with van der Waals surface area (Å²) in [7, 11) is 1.67. The first-order valence-corrected chi connectivity index (χ1v) is 8.00. The Bertz CT molecular complexity index is 492. The average molecular weight is 286 g/mol. The molecule has 1 aromatic carbocycles. The van der Waals surface area contributed by atoms with Crippen LogP contribution in [0.4, 0.5) is 0 Å². The van der Waals surface area contributed by atoms with E-state index in [1.807, 2.05) is 12.1 Å². The summed E-state index contributed by atoms with van der Waals surface area (Å²) in [5, 5.41) is 12.5. The zero-order chi connectivity index (χ0) is 15.1. The number of rotatable bonds is 6. The van der Waals surface area contributed by atoms with Crippen LogP contribution in [0.3, 0.4) is 0 Å². The molecule has 0 saturated heterocycles. The summed E-state index contributed by atoms with van der Waals surface area (Å²) in [4.78, 5) is 0. The highest BCUT2D eigenvalue weighted by molar-refractivity contribution is 5.41. The van der Waals surface area contributed by atoms with E-state index in [1.54, 1.807) is 13.2 Å². The third-order valence-electron chi connectivity index (χ3n) is 4.50. The Kier molecular flexibility index (Phi) is 6.07. The Balaban J connectivity index is 1.79. The van der Waals surface area contributed by atoms with E-state index in [1.165, 1.54) is 32.1 Å². The molecule has 1 N–H and O–H groups in total. The van der Waals surface area contributed by atoms with E-state index in [9.17, 15) is 0 Å². The number of nitrogens with zero attached hydrogens (tertiary/aromatic N) is 1. The standard InChI is InChI=1S/C18H26N2O/c1-14-4-3-5-15(10-14)8-9-20-13-17-11-16(12-19)6-7-18(17)21-2/h6-7,11,14-15,20H,3-5,8-10,13H2,1-2H3. The van der Waals surface area contributed by atoms with E-state index in [0.717, 1.165) is 36.2 Å². The molecule has 2 rings (SSSR count). The van der Waals surface area contributed by atoms with Gasteiger partial charge in [-0.1, -0.05) is 26.2 Å². The Morgan fingerprint density at radius 2 is 2.24 bits per heavy atom. The molecule has 0 heterocycles. The summed E-state index contributed by atoms with van der Waals surface area (Å²) < 4.78 is 5.36. The molecule has 3 heteroatoms. The van der Waals surface area contributed by atoms with Gasteiger partial charge in [-0.25, -0.2) is 0 Å². The molecule has 21 heavy (non-hydrogen) atoms. The van der Waals surface area contributed by atoms with Crippen LogP contribution >= 0.6 is 0 Å². The predicted octanol–water partition coefficient (Wildman–Crippen LogP) is 3.87. The molecular weight excluding hydrogens is 260 g/mol. The Hall–Kier alpha value is -1.53. The van der Waals surface area contributed by atoms with Crippen LogP contribution in [-0.2, 0) is 6.54 Å². The fourth-order valence-corrected chi connectivity index (χ4v) is 3.34. The molecule has 1 saturated carbocycles. The van der Waals surface area contributed by atoms with Crippen molar-refractivity contribution in [3.8, 4) is 11.8 Å². The van der Waals surface area contributed by atoms with E-state index < -0.39 is 0 Å². The quantitative estimate of drug-likeness (QED) is 0.807. The zero-order valence-corrected chi connectivity index (χ0v) is 13.2. The number of methoxy groups -OCH3 is 1. The summed E-state index contributed by atoms with van der Waals surface area (Å²) in [6.45, 7) is 4.18. The number of nitrogens with one attached hydrogen (secondary N) is 1. The van der Waals surface area contributed by atoms with Crippen LogP contribution in [0, 0.1) is 23.2 Å². The summed E-state index contributed by atoms with van der Waals surface area (Å²) in [5.41, 5.74) is 1.75. The van der Waals surface area contributed by atoms with Gasteiger partial charge in [0.05, 0.1) is 18.7 Å².